The lowest BCUT2D eigenvalue weighted by atomic mass is 10.2. The van der Waals surface area contributed by atoms with Crippen molar-refractivity contribution in [3.63, 3.8) is 0 Å². The normalized spacial score (nSPS) is 15.0. The molecule has 1 aliphatic rings. The maximum Gasteiger partial charge on any atom is 0.350 e. The van der Waals surface area contributed by atoms with Crippen LogP contribution < -0.4 is 10.1 Å². The van der Waals surface area contributed by atoms with Crippen molar-refractivity contribution in [3.8, 4) is 5.75 Å². The van der Waals surface area contributed by atoms with Crippen LogP contribution in [0.25, 0.3) is 6.08 Å². The fraction of sp³-hybridized carbons (Fsp3) is 0. The SMILES string of the molecule is O=C1NC(=S)SC1=Cc1ccc(OC(=O)c2ccccc2[N+](=O)[O-])cc1. The Hall–Kier alpha value is -3.04. The number of amides is 1. The van der Waals surface area contributed by atoms with E-state index in [1.54, 1.807) is 18.2 Å². The molecule has 2 aromatic carbocycles. The van der Waals surface area contributed by atoms with Crippen molar-refractivity contribution >= 4 is 51.9 Å². The lowest BCUT2D eigenvalue weighted by molar-refractivity contribution is -0.385. The van der Waals surface area contributed by atoms with Gasteiger partial charge in [0.05, 0.1) is 9.83 Å². The van der Waals surface area contributed by atoms with E-state index in [4.69, 9.17) is 17.0 Å². The summed E-state index contributed by atoms with van der Waals surface area (Å²) in [6.45, 7) is 0. The number of rotatable bonds is 4. The number of hydrogen-bond donors (Lipinski definition) is 1. The number of hydrogen-bond acceptors (Lipinski definition) is 7. The standard InChI is InChI=1S/C17H10N2O5S2/c20-15-14(26-17(25)18-15)9-10-5-7-11(8-6-10)24-16(21)12-3-1-2-4-13(12)19(22)23/h1-9H,(H,18,20,25). The first-order chi connectivity index (χ1) is 12.4. The Morgan fingerprint density at radius 3 is 2.50 bits per heavy atom. The van der Waals surface area contributed by atoms with E-state index in [1.165, 1.54) is 48.2 Å². The van der Waals surface area contributed by atoms with E-state index in [1.807, 2.05) is 0 Å². The molecule has 1 aliphatic heterocycles. The Morgan fingerprint density at radius 1 is 1.19 bits per heavy atom. The smallest absolute Gasteiger partial charge is 0.350 e. The minimum Gasteiger partial charge on any atom is -0.423 e. The van der Waals surface area contributed by atoms with E-state index in [9.17, 15) is 19.7 Å². The predicted octanol–water partition coefficient (Wildman–Crippen LogP) is 3.30. The van der Waals surface area contributed by atoms with Crippen LogP contribution in [0.4, 0.5) is 5.69 Å². The van der Waals surface area contributed by atoms with Crippen molar-refractivity contribution in [2.75, 3.05) is 0 Å². The van der Waals surface area contributed by atoms with Gasteiger partial charge in [0.2, 0.25) is 0 Å². The molecule has 1 heterocycles. The van der Waals surface area contributed by atoms with Crippen LogP contribution in [0, 0.1) is 10.1 Å². The number of thiocarbonyl (C=S) groups is 1. The molecule has 9 heteroatoms. The minimum atomic E-state index is -0.820. The number of benzene rings is 2. The molecule has 130 valence electrons. The van der Waals surface area contributed by atoms with Gasteiger partial charge in [-0.15, -0.1) is 0 Å². The number of nitrogens with zero attached hydrogens (tertiary/aromatic N) is 1. The monoisotopic (exact) mass is 386 g/mol. The summed E-state index contributed by atoms with van der Waals surface area (Å²) in [6.07, 6.45) is 1.66. The lowest BCUT2D eigenvalue weighted by Crippen LogP contribution is -2.17. The molecule has 3 rings (SSSR count). The molecule has 0 atom stereocenters. The number of carbonyl (C=O) groups is 2. The largest absolute Gasteiger partial charge is 0.423 e. The van der Waals surface area contributed by atoms with E-state index in [2.05, 4.69) is 5.32 Å². The fourth-order valence-corrected chi connectivity index (χ4v) is 3.22. The molecule has 0 radical (unpaired) electrons. The highest BCUT2D eigenvalue weighted by Gasteiger charge is 2.22. The van der Waals surface area contributed by atoms with Gasteiger partial charge in [0, 0.05) is 6.07 Å². The lowest BCUT2D eigenvalue weighted by Gasteiger charge is -2.05. The molecule has 0 spiro atoms. The molecule has 0 aromatic heterocycles. The number of para-hydroxylation sites is 1. The Bertz CT molecular complexity index is 954. The number of nitro groups is 1. The molecule has 1 amide bonds. The fourth-order valence-electron chi connectivity index (χ4n) is 2.17. The maximum absolute atomic E-state index is 12.2. The highest BCUT2D eigenvalue weighted by molar-refractivity contribution is 8.26. The highest BCUT2D eigenvalue weighted by atomic mass is 32.2. The van der Waals surface area contributed by atoms with Crippen LogP contribution in [0.3, 0.4) is 0 Å². The Balaban J connectivity index is 1.75. The van der Waals surface area contributed by atoms with Gasteiger partial charge in [-0.3, -0.25) is 14.9 Å². The second-order valence-corrected chi connectivity index (χ2v) is 6.80. The van der Waals surface area contributed by atoms with Crippen molar-refractivity contribution in [1.82, 2.24) is 5.32 Å². The van der Waals surface area contributed by atoms with Gasteiger partial charge in [0.15, 0.2) is 0 Å². The first-order valence-electron chi connectivity index (χ1n) is 7.24. The van der Waals surface area contributed by atoms with Crippen molar-refractivity contribution in [3.05, 3.63) is 74.7 Å². The molecule has 1 N–H and O–H groups in total. The molecular weight excluding hydrogens is 376 g/mol. The van der Waals surface area contributed by atoms with Crippen LogP contribution in [0.15, 0.2) is 53.4 Å². The third kappa shape index (κ3) is 3.95. The van der Waals surface area contributed by atoms with Gasteiger partial charge in [-0.05, 0) is 29.8 Å². The summed E-state index contributed by atoms with van der Waals surface area (Å²) in [4.78, 5) is 34.6. The number of ether oxygens (including phenoxy) is 1. The number of carbonyl (C=O) groups excluding carboxylic acids is 2. The molecule has 0 saturated carbocycles. The van der Waals surface area contributed by atoms with Gasteiger partial charge in [0.1, 0.15) is 15.6 Å². The molecular formula is C17H10N2O5S2. The van der Waals surface area contributed by atoms with Crippen molar-refractivity contribution in [2.45, 2.75) is 0 Å². The molecule has 26 heavy (non-hydrogen) atoms. The summed E-state index contributed by atoms with van der Waals surface area (Å²) < 4.78 is 5.58. The Labute approximate surface area is 157 Å². The molecule has 2 aromatic rings. The van der Waals surface area contributed by atoms with Crippen LogP contribution in [0.2, 0.25) is 0 Å². The van der Waals surface area contributed by atoms with E-state index in [-0.39, 0.29) is 22.9 Å². The van der Waals surface area contributed by atoms with E-state index in [0.717, 1.165) is 5.56 Å². The van der Waals surface area contributed by atoms with Gasteiger partial charge in [-0.2, -0.15) is 0 Å². The third-order valence-corrected chi connectivity index (χ3v) is 4.51. The van der Waals surface area contributed by atoms with Gasteiger partial charge < -0.3 is 10.1 Å². The molecule has 1 fully saturated rings. The molecule has 0 bridgehead atoms. The summed E-state index contributed by atoms with van der Waals surface area (Å²) in [5.74, 6) is -0.847. The van der Waals surface area contributed by atoms with Crippen molar-refractivity contribution < 1.29 is 19.2 Å². The van der Waals surface area contributed by atoms with Gasteiger partial charge in [0.25, 0.3) is 11.6 Å². The van der Waals surface area contributed by atoms with Gasteiger partial charge in [-0.1, -0.05) is 48.2 Å². The first-order valence-corrected chi connectivity index (χ1v) is 8.47. The second kappa shape index (κ2) is 7.46. The Kier molecular flexibility index (Phi) is 5.10. The zero-order valence-corrected chi connectivity index (χ0v) is 14.6. The van der Waals surface area contributed by atoms with Crippen molar-refractivity contribution in [1.29, 1.82) is 0 Å². The summed E-state index contributed by atoms with van der Waals surface area (Å²) >= 11 is 6.09. The third-order valence-electron chi connectivity index (χ3n) is 3.35. The quantitative estimate of drug-likeness (QED) is 0.215. The number of thioether (sulfide) groups is 1. The number of nitro benzene ring substituents is 1. The average molecular weight is 386 g/mol. The maximum atomic E-state index is 12.2. The summed E-state index contributed by atoms with van der Waals surface area (Å²) in [7, 11) is 0. The summed E-state index contributed by atoms with van der Waals surface area (Å²) in [5.41, 5.74) is 0.271. The van der Waals surface area contributed by atoms with E-state index in [0.29, 0.717) is 9.23 Å². The van der Waals surface area contributed by atoms with E-state index >= 15 is 0 Å². The first kappa shape index (κ1) is 17.8. The molecule has 7 nitrogen and oxygen atoms in total. The number of nitrogens with one attached hydrogen (secondary N) is 1. The van der Waals surface area contributed by atoms with E-state index < -0.39 is 10.9 Å². The van der Waals surface area contributed by atoms with Crippen LogP contribution >= 0.6 is 24.0 Å². The minimum absolute atomic E-state index is 0.128. The summed E-state index contributed by atoms with van der Waals surface area (Å²) in [6, 6.07) is 11.9. The zero-order chi connectivity index (χ0) is 18.7. The van der Waals surface area contributed by atoms with Crippen LogP contribution in [-0.2, 0) is 4.79 Å². The molecule has 0 unspecified atom stereocenters. The van der Waals surface area contributed by atoms with Gasteiger partial charge >= 0.3 is 5.97 Å². The zero-order valence-electron chi connectivity index (χ0n) is 13.0. The van der Waals surface area contributed by atoms with Gasteiger partial charge in [-0.25, -0.2) is 4.79 Å². The van der Waals surface area contributed by atoms with Crippen LogP contribution in [0.5, 0.6) is 5.75 Å². The second-order valence-electron chi connectivity index (χ2n) is 5.09. The highest BCUT2D eigenvalue weighted by Crippen LogP contribution is 2.27. The average Bonchev–Trinajstić information content (AvgIpc) is 2.93. The van der Waals surface area contributed by atoms with Crippen LogP contribution in [0.1, 0.15) is 15.9 Å². The molecule has 1 saturated heterocycles. The predicted molar refractivity (Wildman–Crippen MR) is 101 cm³/mol. The molecule has 0 aliphatic carbocycles. The van der Waals surface area contributed by atoms with Crippen LogP contribution in [-0.4, -0.2) is 21.1 Å². The Morgan fingerprint density at radius 2 is 1.88 bits per heavy atom. The number of esters is 1. The topological polar surface area (TPSA) is 98.5 Å². The van der Waals surface area contributed by atoms with Crippen molar-refractivity contribution in [2.24, 2.45) is 0 Å². The summed E-state index contributed by atoms with van der Waals surface area (Å²) in [5, 5.41) is 13.5.